The third-order valence-corrected chi connectivity index (χ3v) is 7.30. The summed E-state index contributed by atoms with van der Waals surface area (Å²) in [5.74, 6) is 0.550. The van der Waals surface area contributed by atoms with Gasteiger partial charge in [0.2, 0.25) is 5.13 Å². The molecule has 0 bridgehead atoms. The molecule has 3 aromatic rings. The number of aryl methyl sites for hydroxylation is 1. The third kappa shape index (κ3) is 4.40. The first-order chi connectivity index (χ1) is 13.2. The van der Waals surface area contributed by atoms with Crippen LogP contribution in [-0.2, 0) is 20.0 Å². The highest BCUT2D eigenvalue weighted by molar-refractivity contribution is 7.93. The van der Waals surface area contributed by atoms with E-state index in [1.165, 1.54) is 43.0 Å². The highest BCUT2D eigenvalue weighted by Gasteiger charge is 2.19. The van der Waals surface area contributed by atoms with Gasteiger partial charge in [-0.1, -0.05) is 11.3 Å². The molecule has 0 saturated heterocycles. The number of methoxy groups -OCH3 is 1. The molecular formula is C16H16N4O5S3. The third-order valence-electron chi connectivity index (χ3n) is 3.67. The normalized spacial score (nSPS) is 11.8. The van der Waals surface area contributed by atoms with E-state index in [9.17, 15) is 16.8 Å². The van der Waals surface area contributed by atoms with E-state index < -0.39 is 20.0 Å². The van der Waals surface area contributed by atoms with Crippen LogP contribution < -0.4 is 14.2 Å². The van der Waals surface area contributed by atoms with Crippen molar-refractivity contribution in [2.45, 2.75) is 16.7 Å². The number of hydrogen-bond donors (Lipinski definition) is 2. The SMILES string of the molecule is COc1ccc(S(=O)(=O)Nc2ccc(S(=O)(=O)Nc3nncs3)cc2)c(C)c1. The lowest BCUT2D eigenvalue weighted by Crippen LogP contribution is -2.15. The number of rotatable bonds is 7. The van der Waals surface area contributed by atoms with Crippen molar-refractivity contribution < 1.29 is 21.6 Å². The first-order valence-electron chi connectivity index (χ1n) is 7.78. The lowest BCUT2D eigenvalue weighted by molar-refractivity contribution is 0.414. The Morgan fingerprint density at radius 2 is 1.68 bits per heavy atom. The van der Waals surface area contributed by atoms with E-state index in [1.807, 2.05) is 0 Å². The number of sulfonamides is 2. The van der Waals surface area contributed by atoms with Gasteiger partial charge >= 0.3 is 0 Å². The Kier molecular flexibility index (Phi) is 5.54. The summed E-state index contributed by atoms with van der Waals surface area (Å²) < 4.78 is 59.6. The fraction of sp³-hybridized carbons (Fsp3) is 0.125. The van der Waals surface area contributed by atoms with Crippen molar-refractivity contribution in [3.05, 3.63) is 53.5 Å². The molecule has 0 atom stereocenters. The molecule has 9 nitrogen and oxygen atoms in total. The lowest BCUT2D eigenvalue weighted by Gasteiger charge is -2.12. The smallest absolute Gasteiger partial charge is 0.263 e. The number of aromatic nitrogens is 2. The van der Waals surface area contributed by atoms with Crippen LogP contribution in [0.15, 0.2) is 57.8 Å². The molecule has 3 rings (SSSR count). The van der Waals surface area contributed by atoms with Crippen molar-refractivity contribution in [2.75, 3.05) is 16.6 Å². The minimum atomic E-state index is -3.85. The van der Waals surface area contributed by atoms with Gasteiger partial charge in [-0.3, -0.25) is 9.44 Å². The molecule has 1 heterocycles. The van der Waals surface area contributed by atoms with Gasteiger partial charge in [-0.25, -0.2) is 16.8 Å². The molecule has 0 amide bonds. The maximum Gasteiger partial charge on any atom is 0.263 e. The summed E-state index contributed by atoms with van der Waals surface area (Å²) in [4.78, 5) is 0.0641. The predicted octanol–water partition coefficient (Wildman–Crippen LogP) is 2.46. The molecule has 0 aliphatic rings. The Hall–Kier alpha value is -2.70. The van der Waals surface area contributed by atoms with Gasteiger partial charge in [-0.05, 0) is 55.0 Å². The fourth-order valence-corrected chi connectivity index (χ4v) is 5.33. The van der Waals surface area contributed by atoms with Crippen molar-refractivity contribution in [1.82, 2.24) is 10.2 Å². The van der Waals surface area contributed by atoms with E-state index in [0.29, 0.717) is 11.3 Å². The van der Waals surface area contributed by atoms with Crippen LogP contribution in [0.25, 0.3) is 0 Å². The van der Waals surface area contributed by atoms with Gasteiger partial charge in [0, 0.05) is 5.69 Å². The zero-order chi connectivity index (χ0) is 20.4. The van der Waals surface area contributed by atoms with Gasteiger partial charge in [-0.2, -0.15) is 0 Å². The molecule has 0 radical (unpaired) electrons. The van der Waals surface area contributed by atoms with Gasteiger partial charge in [0.25, 0.3) is 20.0 Å². The van der Waals surface area contributed by atoms with Crippen LogP contribution in [0, 0.1) is 6.92 Å². The first-order valence-corrected chi connectivity index (χ1v) is 11.6. The monoisotopic (exact) mass is 440 g/mol. The number of nitrogens with zero attached hydrogens (tertiary/aromatic N) is 2. The molecule has 0 aliphatic heterocycles. The van der Waals surface area contributed by atoms with Gasteiger partial charge in [0.15, 0.2) is 0 Å². The highest BCUT2D eigenvalue weighted by Crippen LogP contribution is 2.24. The van der Waals surface area contributed by atoms with Crippen LogP contribution in [0.2, 0.25) is 0 Å². The van der Waals surface area contributed by atoms with Crippen molar-refractivity contribution >= 4 is 42.2 Å². The van der Waals surface area contributed by atoms with E-state index in [4.69, 9.17) is 4.74 Å². The Morgan fingerprint density at radius 1 is 0.964 bits per heavy atom. The predicted molar refractivity (Wildman–Crippen MR) is 106 cm³/mol. The summed E-state index contributed by atoms with van der Waals surface area (Å²) in [7, 11) is -6.19. The molecule has 0 aliphatic carbocycles. The van der Waals surface area contributed by atoms with E-state index >= 15 is 0 Å². The Bertz CT molecular complexity index is 1180. The van der Waals surface area contributed by atoms with Crippen LogP contribution in [0.4, 0.5) is 10.8 Å². The summed E-state index contributed by atoms with van der Waals surface area (Å²) in [6.45, 7) is 1.66. The summed E-state index contributed by atoms with van der Waals surface area (Å²) in [5.41, 5.74) is 2.15. The minimum Gasteiger partial charge on any atom is -0.497 e. The summed E-state index contributed by atoms with van der Waals surface area (Å²) in [5, 5.41) is 7.32. The fourth-order valence-electron chi connectivity index (χ4n) is 2.35. The number of anilines is 2. The second-order valence-corrected chi connectivity index (χ2v) is 9.78. The average Bonchev–Trinajstić information content (AvgIpc) is 3.13. The average molecular weight is 441 g/mol. The standard InChI is InChI=1S/C16H16N4O5S3/c1-11-9-13(25-2)5-8-15(11)28(23,24)19-12-3-6-14(7-4-12)27(21,22)20-16-18-17-10-26-16/h3-10,19H,1-2H3,(H,18,20). The molecule has 0 saturated carbocycles. The van der Waals surface area contributed by atoms with E-state index in [1.54, 1.807) is 19.1 Å². The summed E-state index contributed by atoms with van der Waals surface area (Å²) in [6, 6.07) is 9.93. The number of ether oxygens (including phenoxy) is 1. The molecular weight excluding hydrogens is 424 g/mol. The van der Waals surface area contributed by atoms with Crippen molar-refractivity contribution in [2.24, 2.45) is 0 Å². The Morgan fingerprint density at radius 3 is 2.25 bits per heavy atom. The van der Waals surface area contributed by atoms with Crippen LogP contribution in [0.5, 0.6) is 5.75 Å². The molecule has 2 aromatic carbocycles. The second kappa shape index (κ2) is 7.73. The Balaban J connectivity index is 1.80. The molecule has 0 spiro atoms. The quantitative estimate of drug-likeness (QED) is 0.578. The van der Waals surface area contributed by atoms with Gasteiger partial charge in [0.05, 0.1) is 16.9 Å². The molecule has 12 heteroatoms. The van der Waals surface area contributed by atoms with Gasteiger partial charge < -0.3 is 4.74 Å². The maximum absolute atomic E-state index is 12.6. The molecule has 148 valence electrons. The Labute approximate surface area is 166 Å². The van der Waals surface area contributed by atoms with Crippen molar-refractivity contribution in [3.63, 3.8) is 0 Å². The molecule has 28 heavy (non-hydrogen) atoms. The van der Waals surface area contributed by atoms with Crippen LogP contribution >= 0.6 is 11.3 Å². The van der Waals surface area contributed by atoms with Gasteiger partial charge in [-0.15, -0.1) is 10.2 Å². The topological polar surface area (TPSA) is 127 Å². The molecule has 0 unspecified atom stereocenters. The summed E-state index contributed by atoms with van der Waals surface area (Å²) in [6.07, 6.45) is 0. The number of nitrogens with one attached hydrogen (secondary N) is 2. The van der Waals surface area contributed by atoms with Gasteiger partial charge in [0.1, 0.15) is 11.3 Å². The maximum atomic E-state index is 12.6. The van der Waals surface area contributed by atoms with Crippen LogP contribution in [-0.4, -0.2) is 34.1 Å². The molecule has 1 aromatic heterocycles. The minimum absolute atomic E-state index is 0.0359. The lowest BCUT2D eigenvalue weighted by atomic mass is 10.2. The van der Waals surface area contributed by atoms with Crippen LogP contribution in [0.1, 0.15) is 5.56 Å². The number of hydrogen-bond acceptors (Lipinski definition) is 8. The largest absolute Gasteiger partial charge is 0.497 e. The molecule has 2 N–H and O–H groups in total. The zero-order valence-corrected chi connectivity index (χ0v) is 17.2. The van der Waals surface area contributed by atoms with E-state index in [2.05, 4.69) is 19.6 Å². The zero-order valence-electron chi connectivity index (χ0n) is 14.8. The van der Waals surface area contributed by atoms with E-state index in [-0.39, 0.29) is 20.6 Å². The second-order valence-electron chi connectivity index (χ2n) is 5.61. The summed E-state index contributed by atoms with van der Waals surface area (Å²) >= 11 is 1.04. The highest BCUT2D eigenvalue weighted by atomic mass is 32.2. The van der Waals surface area contributed by atoms with E-state index in [0.717, 1.165) is 11.3 Å². The van der Waals surface area contributed by atoms with Crippen molar-refractivity contribution in [3.8, 4) is 5.75 Å². The van der Waals surface area contributed by atoms with Crippen molar-refractivity contribution in [1.29, 1.82) is 0 Å². The first kappa shape index (κ1) is 20.0. The molecule has 0 fully saturated rings. The van der Waals surface area contributed by atoms with Crippen LogP contribution in [0.3, 0.4) is 0 Å². The number of benzene rings is 2.